The van der Waals surface area contributed by atoms with E-state index in [1.165, 1.54) is 17.0 Å². The van der Waals surface area contributed by atoms with E-state index in [1.54, 1.807) is 24.1 Å². The first kappa shape index (κ1) is 19.8. The summed E-state index contributed by atoms with van der Waals surface area (Å²) in [6.45, 7) is -0.326. The first-order valence-corrected chi connectivity index (χ1v) is 7.53. The van der Waals surface area contributed by atoms with Crippen LogP contribution >= 0.6 is 0 Å². The molecule has 0 saturated carbocycles. The maximum Gasteiger partial charge on any atom is 0.387 e. The van der Waals surface area contributed by atoms with Crippen LogP contribution in [0.15, 0.2) is 24.3 Å². The average molecular weight is 344 g/mol. The highest BCUT2D eigenvalue weighted by molar-refractivity contribution is 5.79. The number of halogens is 2. The number of carbonyl (C=O) groups is 2. The minimum atomic E-state index is -2.88. The molecule has 0 aliphatic heterocycles. The number of carboxylic acids is 1. The van der Waals surface area contributed by atoms with E-state index in [-0.39, 0.29) is 24.7 Å². The van der Waals surface area contributed by atoms with Crippen molar-refractivity contribution in [2.45, 2.75) is 26.5 Å². The Bertz CT molecular complexity index is 537. The van der Waals surface area contributed by atoms with Crippen LogP contribution in [0.1, 0.15) is 18.9 Å². The Morgan fingerprint density at radius 1 is 1.21 bits per heavy atom. The Morgan fingerprint density at radius 3 is 2.33 bits per heavy atom. The Balaban J connectivity index is 2.57. The van der Waals surface area contributed by atoms with Crippen LogP contribution in [-0.2, 0) is 16.1 Å². The summed E-state index contributed by atoms with van der Waals surface area (Å²) in [6.07, 6.45) is 0.746. The van der Waals surface area contributed by atoms with Crippen LogP contribution in [0.5, 0.6) is 5.75 Å². The first-order valence-electron chi connectivity index (χ1n) is 7.53. The number of aliphatic carboxylic acids is 1. The lowest BCUT2D eigenvalue weighted by molar-refractivity contribution is -0.139. The number of alkyl halides is 2. The molecule has 0 bridgehead atoms. The first-order chi connectivity index (χ1) is 11.3. The van der Waals surface area contributed by atoms with E-state index >= 15 is 0 Å². The number of hydrogen-bond acceptors (Lipinski definition) is 4. The second-order valence-electron chi connectivity index (χ2n) is 5.38. The smallest absolute Gasteiger partial charge is 0.387 e. The molecular formula is C16H22F2N2O4. The predicted molar refractivity (Wildman–Crippen MR) is 83.9 cm³/mol. The van der Waals surface area contributed by atoms with E-state index in [4.69, 9.17) is 5.11 Å². The van der Waals surface area contributed by atoms with E-state index in [0.29, 0.717) is 13.1 Å². The number of rotatable bonds is 10. The summed E-state index contributed by atoms with van der Waals surface area (Å²) in [6, 6.07) is 6.02. The van der Waals surface area contributed by atoms with Crippen molar-refractivity contribution in [3.05, 3.63) is 29.8 Å². The van der Waals surface area contributed by atoms with Crippen LogP contribution < -0.4 is 4.74 Å². The second kappa shape index (κ2) is 9.82. The number of hydrogen-bond donors (Lipinski definition) is 1. The highest BCUT2D eigenvalue weighted by atomic mass is 19.3. The molecule has 134 valence electrons. The lowest BCUT2D eigenvalue weighted by Crippen LogP contribution is -2.40. The number of amides is 1. The topological polar surface area (TPSA) is 70.1 Å². The van der Waals surface area contributed by atoms with E-state index in [1.807, 2.05) is 6.92 Å². The van der Waals surface area contributed by atoms with Gasteiger partial charge in [0, 0.05) is 13.6 Å². The van der Waals surface area contributed by atoms with Crippen molar-refractivity contribution in [2.75, 3.05) is 26.7 Å². The molecule has 24 heavy (non-hydrogen) atoms. The van der Waals surface area contributed by atoms with Gasteiger partial charge >= 0.3 is 12.6 Å². The zero-order valence-electron chi connectivity index (χ0n) is 13.7. The molecule has 0 spiro atoms. The van der Waals surface area contributed by atoms with Crippen molar-refractivity contribution < 1.29 is 28.2 Å². The van der Waals surface area contributed by atoms with Gasteiger partial charge in [0.25, 0.3) is 0 Å². The maximum atomic E-state index is 12.2. The van der Waals surface area contributed by atoms with Gasteiger partial charge in [-0.25, -0.2) is 0 Å². The Hall–Kier alpha value is -2.22. The molecule has 0 heterocycles. The molecule has 0 aliphatic rings. The van der Waals surface area contributed by atoms with Crippen molar-refractivity contribution >= 4 is 11.9 Å². The fourth-order valence-electron chi connectivity index (χ4n) is 2.17. The van der Waals surface area contributed by atoms with Gasteiger partial charge in [-0.1, -0.05) is 19.1 Å². The fourth-order valence-corrected chi connectivity index (χ4v) is 2.17. The fraction of sp³-hybridized carbons (Fsp3) is 0.500. The molecule has 0 aliphatic carbocycles. The molecule has 0 saturated heterocycles. The van der Waals surface area contributed by atoms with Gasteiger partial charge in [-0.2, -0.15) is 8.78 Å². The Labute approximate surface area is 139 Å². The lowest BCUT2D eigenvalue weighted by atomic mass is 10.2. The molecule has 1 aromatic carbocycles. The van der Waals surface area contributed by atoms with Crippen molar-refractivity contribution in [2.24, 2.45) is 0 Å². The number of ether oxygens (including phenoxy) is 1. The van der Waals surface area contributed by atoms with Crippen molar-refractivity contribution in [1.29, 1.82) is 0 Å². The average Bonchev–Trinajstić information content (AvgIpc) is 2.48. The maximum absolute atomic E-state index is 12.2. The molecule has 0 fully saturated rings. The molecule has 0 atom stereocenters. The number of carbonyl (C=O) groups excluding carboxylic acids is 1. The van der Waals surface area contributed by atoms with Gasteiger partial charge in [0.2, 0.25) is 5.91 Å². The summed E-state index contributed by atoms with van der Waals surface area (Å²) in [5.74, 6) is -1.13. The normalized spacial score (nSPS) is 10.9. The van der Waals surface area contributed by atoms with Gasteiger partial charge in [0.05, 0.1) is 13.1 Å². The largest absolute Gasteiger partial charge is 0.480 e. The zero-order valence-corrected chi connectivity index (χ0v) is 13.7. The van der Waals surface area contributed by atoms with E-state index in [0.717, 1.165) is 12.0 Å². The van der Waals surface area contributed by atoms with Gasteiger partial charge in [-0.05, 0) is 30.7 Å². The van der Waals surface area contributed by atoms with Crippen molar-refractivity contribution in [3.8, 4) is 5.75 Å². The summed E-state index contributed by atoms with van der Waals surface area (Å²) in [7, 11) is 1.61. The molecule has 8 heteroatoms. The van der Waals surface area contributed by atoms with E-state index in [9.17, 15) is 18.4 Å². The summed E-state index contributed by atoms with van der Waals surface area (Å²) in [5, 5.41) is 8.85. The number of benzene rings is 1. The summed E-state index contributed by atoms with van der Waals surface area (Å²) < 4.78 is 28.4. The summed E-state index contributed by atoms with van der Waals surface area (Å²) in [4.78, 5) is 26.0. The van der Waals surface area contributed by atoms with Crippen LogP contribution in [0, 0.1) is 0 Å². The van der Waals surface area contributed by atoms with Crippen LogP contribution in [0.4, 0.5) is 8.78 Å². The molecular weight excluding hydrogens is 322 g/mol. The molecule has 0 aromatic heterocycles. The number of likely N-dealkylation sites (N-methyl/N-ethyl adjacent to an activating group) is 1. The zero-order chi connectivity index (χ0) is 18.1. The predicted octanol–water partition coefficient (Wildman–Crippen LogP) is 2.04. The molecule has 0 unspecified atom stereocenters. The van der Waals surface area contributed by atoms with E-state index in [2.05, 4.69) is 4.74 Å². The van der Waals surface area contributed by atoms with Gasteiger partial charge in [0.1, 0.15) is 5.75 Å². The highest BCUT2D eigenvalue weighted by Crippen LogP contribution is 2.15. The van der Waals surface area contributed by atoms with Crippen LogP contribution in [0.25, 0.3) is 0 Å². The number of carboxylic acid groups (broad SMARTS) is 1. The Morgan fingerprint density at radius 2 is 1.83 bits per heavy atom. The molecule has 1 aromatic rings. The molecule has 1 amide bonds. The number of nitrogens with zero attached hydrogens (tertiary/aromatic N) is 2. The van der Waals surface area contributed by atoms with Crippen LogP contribution in [-0.4, -0.2) is 60.1 Å². The minimum absolute atomic E-state index is 0.0171. The second-order valence-corrected chi connectivity index (χ2v) is 5.38. The van der Waals surface area contributed by atoms with Crippen molar-refractivity contribution in [3.63, 3.8) is 0 Å². The van der Waals surface area contributed by atoms with Gasteiger partial charge in [-0.3, -0.25) is 14.5 Å². The summed E-state index contributed by atoms with van der Waals surface area (Å²) >= 11 is 0. The minimum Gasteiger partial charge on any atom is -0.480 e. The lowest BCUT2D eigenvalue weighted by Gasteiger charge is -2.23. The van der Waals surface area contributed by atoms with Gasteiger partial charge in [-0.15, -0.1) is 0 Å². The molecule has 6 nitrogen and oxygen atoms in total. The van der Waals surface area contributed by atoms with Crippen molar-refractivity contribution in [1.82, 2.24) is 9.80 Å². The van der Waals surface area contributed by atoms with Crippen LogP contribution in [0.2, 0.25) is 0 Å². The third kappa shape index (κ3) is 7.36. The van der Waals surface area contributed by atoms with Gasteiger partial charge < -0.3 is 14.7 Å². The molecule has 0 radical (unpaired) electrons. The monoisotopic (exact) mass is 344 g/mol. The SMILES string of the molecule is CCCN(CC(=O)O)CC(=O)N(C)Cc1ccc(OC(F)F)cc1. The highest BCUT2D eigenvalue weighted by Gasteiger charge is 2.16. The molecule has 1 rings (SSSR count). The third-order valence-electron chi connectivity index (χ3n) is 3.25. The van der Waals surface area contributed by atoms with E-state index < -0.39 is 12.6 Å². The van der Waals surface area contributed by atoms with Gasteiger partial charge in [0.15, 0.2) is 0 Å². The molecule has 1 N–H and O–H groups in total. The Kier molecular flexibility index (Phi) is 8.11. The van der Waals surface area contributed by atoms with Crippen LogP contribution in [0.3, 0.4) is 0 Å². The third-order valence-corrected chi connectivity index (χ3v) is 3.25. The summed E-state index contributed by atoms with van der Waals surface area (Å²) in [5.41, 5.74) is 0.757. The standard InChI is InChI=1S/C16H22F2N2O4/c1-3-8-20(11-15(22)23)10-14(21)19(2)9-12-4-6-13(7-5-12)24-16(17)18/h4-7,16H,3,8-11H2,1-2H3,(H,22,23). The quantitative estimate of drug-likeness (QED) is 0.703.